The second-order valence-corrected chi connectivity index (χ2v) is 6.82. The number of anilines is 1. The van der Waals surface area contributed by atoms with E-state index in [0.29, 0.717) is 19.6 Å². The van der Waals surface area contributed by atoms with Crippen molar-refractivity contribution in [3.8, 4) is 17.2 Å². The molecule has 0 bridgehead atoms. The van der Waals surface area contributed by atoms with E-state index in [-0.39, 0.29) is 12.8 Å². The molecule has 1 N–H and O–H groups in total. The molecule has 0 saturated carbocycles. The number of piperazine rings is 1. The van der Waals surface area contributed by atoms with Gasteiger partial charge in [0.05, 0.1) is 12.8 Å². The Morgan fingerprint density at radius 1 is 1.07 bits per heavy atom. The second kappa shape index (κ2) is 8.29. The van der Waals surface area contributed by atoms with E-state index in [9.17, 15) is 4.79 Å². The number of fused-ring (bicyclic) bond motifs is 1. The highest BCUT2D eigenvalue weighted by molar-refractivity contribution is 5.74. The van der Waals surface area contributed by atoms with Crippen LogP contribution in [-0.2, 0) is 6.42 Å². The summed E-state index contributed by atoms with van der Waals surface area (Å²) in [5.41, 5.74) is 2.19. The Hall–Kier alpha value is -3.09. The van der Waals surface area contributed by atoms with Crippen molar-refractivity contribution in [1.82, 2.24) is 10.2 Å². The summed E-state index contributed by atoms with van der Waals surface area (Å²) in [5.74, 6) is 2.42. The summed E-state index contributed by atoms with van der Waals surface area (Å²) in [5, 5.41) is 3.02. The summed E-state index contributed by atoms with van der Waals surface area (Å²) in [7, 11) is 1.68. The highest BCUT2D eigenvalue weighted by atomic mass is 16.7. The SMILES string of the molecule is COc1ccccc1N1CCN(C(=O)NCCc2ccc3c(c2)OCO3)CC1. The first-order valence-electron chi connectivity index (χ1n) is 9.54. The predicted molar refractivity (Wildman–Crippen MR) is 106 cm³/mol. The van der Waals surface area contributed by atoms with E-state index in [0.717, 1.165) is 48.0 Å². The lowest BCUT2D eigenvalue weighted by molar-refractivity contribution is 0.174. The quantitative estimate of drug-likeness (QED) is 0.860. The molecule has 148 valence electrons. The van der Waals surface area contributed by atoms with Gasteiger partial charge in [-0.1, -0.05) is 18.2 Å². The van der Waals surface area contributed by atoms with E-state index in [4.69, 9.17) is 14.2 Å². The summed E-state index contributed by atoms with van der Waals surface area (Å²) in [4.78, 5) is 16.6. The van der Waals surface area contributed by atoms with E-state index in [1.807, 2.05) is 41.3 Å². The molecule has 2 aromatic carbocycles. The van der Waals surface area contributed by atoms with E-state index in [1.165, 1.54) is 0 Å². The Labute approximate surface area is 164 Å². The second-order valence-electron chi connectivity index (χ2n) is 6.82. The molecule has 0 radical (unpaired) electrons. The summed E-state index contributed by atoms with van der Waals surface area (Å²) in [6, 6.07) is 13.9. The van der Waals surface area contributed by atoms with Crippen LogP contribution in [0.4, 0.5) is 10.5 Å². The number of rotatable bonds is 5. The number of benzene rings is 2. The third kappa shape index (κ3) is 3.93. The highest BCUT2D eigenvalue weighted by Crippen LogP contribution is 2.32. The van der Waals surface area contributed by atoms with Crippen molar-refractivity contribution in [1.29, 1.82) is 0 Å². The Balaban J connectivity index is 1.24. The van der Waals surface area contributed by atoms with Crippen molar-refractivity contribution in [3.63, 3.8) is 0 Å². The molecule has 2 aliphatic rings. The molecule has 7 nitrogen and oxygen atoms in total. The Morgan fingerprint density at radius 3 is 2.68 bits per heavy atom. The molecular formula is C21H25N3O4. The van der Waals surface area contributed by atoms with Gasteiger partial charge in [-0.3, -0.25) is 0 Å². The monoisotopic (exact) mass is 383 g/mol. The largest absolute Gasteiger partial charge is 0.495 e. The van der Waals surface area contributed by atoms with Crippen molar-refractivity contribution in [3.05, 3.63) is 48.0 Å². The van der Waals surface area contributed by atoms with Crippen LogP contribution in [0.25, 0.3) is 0 Å². The van der Waals surface area contributed by atoms with Gasteiger partial charge in [-0.25, -0.2) is 4.79 Å². The van der Waals surface area contributed by atoms with Gasteiger partial charge in [0.2, 0.25) is 6.79 Å². The average molecular weight is 383 g/mol. The fourth-order valence-electron chi connectivity index (χ4n) is 3.56. The van der Waals surface area contributed by atoms with Gasteiger partial charge in [-0.2, -0.15) is 0 Å². The summed E-state index contributed by atoms with van der Waals surface area (Å²) in [6.45, 7) is 3.81. The van der Waals surface area contributed by atoms with Crippen molar-refractivity contribution < 1.29 is 19.0 Å². The standard InChI is InChI=1S/C21H25N3O4/c1-26-18-5-3-2-4-17(18)23-10-12-24(13-11-23)21(25)22-9-8-16-6-7-19-20(14-16)28-15-27-19/h2-7,14H,8-13,15H2,1H3,(H,22,25). The number of hydrogen-bond acceptors (Lipinski definition) is 5. The molecule has 2 aromatic rings. The lowest BCUT2D eigenvalue weighted by atomic mass is 10.1. The van der Waals surface area contributed by atoms with Crippen LogP contribution in [-0.4, -0.2) is 57.6 Å². The van der Waals surface area contributed by atoms with E-state index < -0.39 is 0 Å². The minimum Gasteiger partial charge on any atom is -0.495 e. The topological polar surface area (TPSA) is 63.3 Å². The van der Waals surface area contributed by atoms with Gasteiger partial charge in [0.1, 0.15) is 5.75 Å². The van der Waals surface area contributed by atoms with E-state index in [2.05, 4.69) is 16.3 Å². The van der Waals surface area contributed by atoms with Gasteiger partial charge >= 0.3 is 6.03 Å². The lowest BCUT2D eigenvalue weighted by Crippen LogP contribution is -2.52. The molecule has 2 amide bonds. The molecule has 0 aliphatic carbocycles. The van der Waals surface area contributed by atoms with E-state index in [1.54, 1.807) is 7.11 Å². The zero-order chi connectivity index (χ0) is 19.3. The summed E-state index contributed by atoms with van der Waals surface area (Å²) in [6.07, 6.45) is 0.754. The molecule has 7 heteroatoms. The van der Waals surface area contributed by atoms with Crippen LogP contribution >= 0.6 is 0 Å². The minimum absolute atomic E-state index is 0.0135. The van der Waals surface area contributed by atoms with E-state index >= 15 is 0 Å². The van der Waals surface area contributed by atoms with Gasteiger partial charge in [0, 0.05) is 32.7 Å². The normalized spacial score (nSPS) is 15.5. The van der Waals surface area contributed by atoms with Crippen molar-refractivity contribution >= 4 is 11.7 Å². The predicted octanol–water partition coefficient (Wildman–Crippen LogP) is 2.50. The molecule has 0 aromatic heterocycles. The number of hydrogen-bond donors (Lipinski definition) is 1. The molecule has 0 atom stereocenters. The van der Waals surface area contributed by atoms with Crippen LogP contribution in [0.1, 0.15) is 5.56 Å². The maximum atomic E-state index is 12.5. The van der Waals surface area contributed by atoms with Gasteiger partial charge in [0.15, 0.2) is 11.5 Å². The Morgan fingerprint density at radius 2 is 1.86 bits per heavy atom. The molecule has 0 spiro atoms. The van der Waals surface area contributed by atoms with Crippen molar-refractivity contribution in [2.45, 2.75) is 6.42 Å². The smallest absolute Gasteiger partial charge is 0.317 e. The Kier molecular flexibility index (Phi) is 5.41. The zero-order valence-electron chi connectivity index (χ0n) is 16.0. The molecule has 2 heterocycles. The zero-order valence-corrected chi connectivity index (χ0v) is 16.0. The highest BCUT2D eigenvalue weighted by Gasteiger charge is 2.22. The van der Waals surface area contributed by atoms with Crippen LogP contribution in [0.2, 0.25) is 0 Å². The maximum absolute atomic E-state index is 12.5. The molecule has 1 fully saturated rings. The number of nitrogens with zero attached hydrogens (tertiary/aromatic N) is 2. The first-order chi connectivity index (χ1) is 13.7. The number of methoxy groups -OCH3 is 1. The molecular weight excluding hydrogens is 358 g/mol. The number of amides is 2. The van der Waals surface area contributed by atoms with Gasteiger partial charge < -0.3 is 29.3 Å². The maximum Gasteiger partial charge on any atom is 0.317 e. The fourth-order valence-corrected chi connectivity index (χ4v) is 3.56. The number of carbonyl (C=O) groups is 1. The molecule has 28 heavy (non-hydrogen) atoms. The molecule has 2 aliphatic heterocycles. The fraction of sp³-hybridized carbons (Fsp3) is 0.381. The van der Waals surface area contributed by atoms with Crippen LogP contribution in [0.5, 0.6) is 17.2 Å². The first kappa shape index (κ1) is 18.3. The third-order valence-electron chi connectivity index (χ3n) is 5.12. The van der Waals surface area contributed by atoms with Crippen LogP contribution in [0, 0.1) is 0 Å². The number of nitrogens with one attached hydrogen (secondary N) is 1. The molecule has 1 saturated heterocycles. The number of ether oxygens (including phenoxy) is 3. The van der Waals surface area contributed by atoms with Crippen molar-refractivity contribution in [2.24, 2.45) is 0 Å². The van der Waals surface area contributed by atoms with Gasteiger partial charge in [0.25, 0.3) is 0 Å². The molecule has 4 rings (SSSR count). The number of para-hydroxylation sites is 2. The Bertz CT molecular complexity index is 834. The van der Waals surface area contributed by atoms with Gasteiger partial charge in [-0.15, -0.1) is 0 Å². The minimum atomic E-state index is -0.0135. The third-order valence-corrected chi connectivity index (χ3v) is 5.12. The van der Waals surface area contributed by atoms with Crippen LogP contribution in [0.15, 0.2) is 42.5 Å². The van der Waals surface area contributed by atoms with Gasteiger partial charge in [-0.05, 0) is 36.2 Å². The molecule has 0 unspecified atom stereocenters. The first-order valence-corrected chi connectivity index (χ1v) is 9.54. The summed E-state index contributed by atoms with van der Waals surface area (Å²) >= 11 is 0. The summed E-state index contributed by atoms with van der Waals surface area (Å²) < 4.78 is 16.2. The average Bonchev–Trinajstić information content (AvgIpc) is 3.21. The van der Waals surface area contributed by atoms with Crippen LogP contribution < -0.4 is 24.4 Å². The van der Waals surface area contributed by atoms with Crippen LogP contribution in [0.3, 0.4) is 0 Å². The van der Waals surface area contributed by atoms with Crippen molar-refractivity contribution in [2.75, 3.05) is 51.5 Å². The number of urea groups is 1. The lowest BCUT2D eigenvalue weighted by Gasteiger charge is -2.36. The number of carbonyl (C=O) groups excluding carboxylic acids is 1.